The number of amides is 3. The normalized spacial score (nSPS) is 12.9. The number of nitrogens with one attached hydrogen (secondary N) is 2. The number of carboxylic acid groups (broad SMARTS) is 1. The minimum Gasteiger partial charge on any atom is -0.480 e. The zero-order chi connectivity index (χ0) is 15.9. The summed E-state index contributed by atoms with van der Waals surface area (Å²) in [6.45, 7) is 7.63. The lowest BCUT2D eigenvalue weighted by molar-refractivity contribution is -0.139. The molecule has 116 valence electrons. The van der Waals surface area contributed by atoms with Crippen molar-refractivity contribution in [3.8, 4) is 0 Å². The standard InChI is InChI=1S/C12H23N3O4S/c1-7(2)5-14-11(19)15-8(16)6-20-12(3,4)9(13)10(17)18/h7,9H,5-6,13H2,1-4H3,(H,17,18)(H2,14,15,16,19)/t9-/m1/s1. The zero-order valence-corrected chi connectivity index (χ0v) is 13.0. The third-order valence-electron chi connectivity index (χ3n) is 2.51. The van der Waals surface area contributed by atoms with E-state index in [1.165, 1.54) is 0 Å². The van der Waals surface area contributed by atoms with Crippen molar-refractivity contribution in [3.63, 3.8) is 0 Å². The fourth-order valence-electron chi connectivity index (χ4n) is 1.14. The molecule has 0 aliphatic heterocycles. The molecule has 5 N–H and O–H groups in total. The maximum atomic E-state index is 11.6. The maximum absolute atomic E-state index is 11.6. The van der Waals surface area contributed by atoms with Crippen LogP contribution in [-0.2, 0) is 9.59 Å². The van der Waals surface area contributed by atoms with Crippen LogP contribution in [0, 0.1) is 5.92 Å². The van der Waals surface area contributed by atoms with Crippen molar-refractivity contribution in [2.75, 3.05) is 12.3 Å². The van der Waals surface area contributed by atoms with E-state index in [9.17, 15) is 14.4 Å². The predicted molar refractivity (Wildman–Crippen MR) is 78.5 cm³/mol. The molecular weight excluding hydrogens is 282 g/mol. The summed E-state index contributed by atoms with van der Waals surface area (Å²) in [6.07, 6.45) is 0. The molecule has 8 heteroatoms. The highest BCUT2D eigenvalue weighted by Gasteiger charge is 2.33. The number of nitrogens with two attached hydrogens (primary N) is 1. The number of hydrogen-bond acceptors (Lipinski definition) is 5. The molecule has 0 aromatic heterocycles. The van der Waals surface area contributed by atoms with Crippen LogP contribution in [0.15, 0.2) is 0 Å². The van der Waals surface area contributed by atoms with Crippen LogP contribution in [0.25, 0.3) is 0 Å². The van der Waals surface area contributed by atoms with Crippen LogP contribution in [-0.4, -0.2) is 46.1 Å². The Morgan fingerprint density at radius 2 is 1.85 bits per heavy atom. The number of thioether (sulfide) groups is 1. The van der Waals surface area contributed by atoms with Crippen molar-refractivity contribution in [3.05, 3.63) is 0 Å². The molecule has 0 aliphatic rings. The summed E-state index contributed by atoms with van der Waals surface area (Å²) in [5.74, 6) is -1.36. The second-order valence-corrected chi connectivity index (χ2v) is 6.99. The molecule has 0 radical (unpaired) electrons. The molecule has 1 atom stereocenters. The summed E-state index contributed by atoms with van der Waals surface area (Å²) < 4.78 is -0.808. The smallest absolute Gasteiger partial charge is 0.321 e. The van der Waals surface area contributed by atoms with Gasteiger partial charge < -0.3 is 16.2 Å². The van der Waals surface area contributed by atoms with E-state index in [1.54, 1.807) is 13.8 Å². The lowest BCUT2D eigenvalue weighted by atomic mass is 10.1. The molecule has 0 fully saturated rings. The van der Waals surface area contributed by atoms with Gasteiger partial charge in [0.25, 0.3) is 0 Å². The van der Waals surface area contributed by atoms with Crippen LogP contribution in [0.5, 0.6) is 0 Å². The van der Waals surface area contributed by atoms with Gasteiger partial charge in [-0.05, 0) is 19.8 Å². The van der Waals surface area contributed by atoms with E-state index >= 15 is 0 Å². The molecular formula is C12H23N3O4S. The van der Waals surface area contributed by atoms with Crippen LogP contribution in [0.3, 0.4) is 0 Å². The quantitative estimate of drug-likeness (QED) is 0.540. The largest absolute Gasteiger partial charge is 0.480 e. The Morgan fingerprint density at radius 1 is 1.30 bits per heavy atom. The van der Waals surface area contributed by atoms with Gasteiger partial charge in [0.15, 0.2) is 0 Å². The number of rotatable bonds is 7. The Hall–Kier alpha value is -1.28. The molecule has 7 nitrogen and oxygen atoms in total. The molecule has 0 aliphatic carbocycles. The first-order chi connectivity index (χ1) is 9.06. The van der Waals surface area contributed by atoms with Crippen LogP contribution in [0.2, 0.25) is 0 Å². The maximum Gasteiger partial charge on any atom is 0.321 e. The lowest BCUT2D eigenvalue weighted by Crippen LogP contribution is -2.48. The number of aliphatic carboxylic acids is 1. The van der Waals surface area contributed by atoms with Gasteiger partial charge in [-0.2, -0.15) is 0 Å². The van der Waals surface area contributed by atoms with E-state index in [0.717, 1.165) is 11.8 Å². The van der Waals surface area contributed by atoms with Gasteiger partial charge in [0.1, 0.15) is 6.04 Å². The Kier molecular flexibility index (Phi) is 7.59. The fraction of sp³-hybridized carbons (Fsp3) is 0.750. The first-order valence-corrected chi connectivity index (χ1v) is 7.25. The molecule has 0 unspecified atom stereocenters. The number of urea groups is 1. The van der Waals surface area contributed by atoms with Crippen LogP contribution in [0.1, 0.15) is 27.7 Å². The monoisotopic (exact) mass is 305 g/mol. The second-order valence-electron chi connectivity index (χ2n) is 5.36. The van der Waals surface area contributed by atoms with E-state index in [4.69, 9.17) is 10.8 Å². The minimum absolute atomic E-state index is 0.0386. The SMILES string of the molecule is CC(C)CNC(=O)NC(=O)CSC(C)(C)[C@H](N)C(=O)O. The molecule has 0 bridgehead atoms. The van der Waals surface area contributed by atoms with Crippen molar-refractivity contribution < 1.29 is 19.5 Å². The third kappa shape index (κ3) is 7.34. The van der Waals surface area contributed by atoms with E-state index in [0.29, 0.717) is 6.54 Å². The van der Waals surface area contributed by atoms with Gasteiger partial charge in [-0.25, -0.2) is 4.79 Å². The van der Waals surface area contributed by atoms with Crippen molar-refractivity contribution in [1.82, 2.24) is 10.6 Å². The summed E-state index contributed by atoms with van der Waals surface area (Å²) >= 11 is 1.09. The van der Waals surface area contributed by atoms with Gasteiger partial charge in [-0.3, -0.25) is 14.9 Å². The summed E-state index contributed by atoms with van der Waals surface area (Å²) in [6, 6.07) is -1.64. The van der Waals surface area contributed by atoms with E-state index in [2.05, 4.69) is 10.6 Å². The molecule has 0 rings (SSSR count). The molecule has 0 heterocycles. The van der Waals surface area contributed by atoms with Gasteiger partial charge in [0, 0.05) is 11.3 Å². The highest BCUT2D eigenvalue weighted by atomic mass is 32.2. The Bertz CT molecular complexity index is 372. The van der Waals surface area contributed by atoms with E-state index in [-0.39, 0.29) is 11.7 Å². The van der Waals surface area contributed by atoms with Gasteiger partial charge in [-0.15, -0.1) is 11.8 Å². The topological polar surface area (TPSA) is 122 Å². The van der Waals surface area contributed by atoms with Gasteiger partial charge in [-0.1, -0.05) is 13.8 Å². The number of carbonyl (C=O) groups is 3. The number of hydrogen-bond donors (Lipinski definition) is 4. The first kappa shape index (κ1) is 18.7. The predicted octanol–water partition coefficient (Wildman–Crippen LogP) is 0.392. The third-order valence-corrected chi connectivity index (χ3v) is 3.92. The molecule has 0 saturated carbocycles. The Balaban J connectivity index is 4.16. The van der Waals surface area contributed by atoms with Crippen molar-refractivity contribution in [1.29, 1.82) is 0 Å². The van der Waals surface area contributed by atoms with Crippen LogP contribution < -0.4 is 16.4 Å². The lowest BCUT2D eigenvalue weighted by Gasteiger charge is -2.27. The zero-order valence-electron chi connectivity index (χ0n) is 12.2. The van der Waals surface area contributed by atoms with Crippen LogP contribution in [0.4, 0.5) is 4.79 Å². The van der Waals surface area contributed by atoms with E-state index < -0.39 is 28.7 Å². The molecule has 3 amide bonds. The highest BCUT2D eigenvalue weighted by molar-refractivity contribution is 8.01. The summed E-state index contributed by atoms with van der Waals surface area (Å²) in [7, 11) is 0. The average Bonchev–Trinajstić information content (AvgIpc) is 2.33. The molecule has 20 heavy (non-hydrogen) atoms. The number of imide groups is 1. The number of carbonyl (C=O) groups excluding carboxylic acids is 2. The second kappa shape index (κ2) is 8.11. The molecule has 0 aromatic rings. The highest BCUT2D eigenvalue weighted by Crippen LogP contribution is 2.27. The number of carboxylic acids is 1. The first-order valence-electron chi connectivity index (χ1n) is 6.26. The molecule has 0 saturated heterocycles. The Labute approximate surface area is 123 Å². The summed E-state index contributed by atoms with van der Waals surface area (Å²) in [5.41, 5.74) is 5.53. The van der Waals surface area contributed by atoms with Crippen molar-refractivity contribution in [2.24, 2.45) is 11.7 Å². The average molecular weight is 305 g/mol. The van der Waals surface area contributed by atoms with Crippen molar-refractivity contribution in [2.45, 2.75) is 38.5 Å². The van der Waals surface area contributed by atoms with Gasteiger partial charge in [0.05, 0.1) is 5.75 Å². The van der Waals surface area contributed by atoms with Gasteiger partial charge in [0.2, 0.25) is 5.91 Å². The molecule has 0 spiro atoms. The molecule has 0 aromatic carbocycles. The van der Waals surface area contributed by atoms with Crippen LogP contribution >= 0.6 is 11.8 Å². The fourth-order valence-corrected chi connectivity index (χ4v) is 2.00. The van der Waals surface area contributed by atoms with Crippen molar-refractivity contribution >= 4 is 29.7 Å². The summed E-state index contributed by atoms with van der Waals surface area (Å²) in [4.78, 5) is 33.7. The summed E-state index contributed by atoms with van der Waals surface area (Å²) in [5, 5.41) is 13.6. The Morgan fingerprint density at radius 3 is 2.30 bits per heavy atom. The minimum atomic E-state index is -1.13. The van der Waals surface area contributed by atoms with E-state index in [1.807, 2.05) is 13.8 Å². The van der Waals surface area contributed by atoms with Gasteiger partial charge >= 0.3 is 12.0 Å².